The monoisotopic (exact) mass is 221 g/mol. The first-order valence-electron chi connectivity index (χ1n) is 5.37. The van der Waals surface area contributed by atoms with Gasteiger partial charge < -0.3 is 10.0 Å². The minimum atomic E-state index is -1.04. The molecule has 1 N–H and O–H groups in total. The van der Waals surface area contributed by atoms with Gasteiger partial charge >= 0.3 is 5.97 Å². The molecule has 0 bridgehead atoms. The number of hydrogen-bond donors (Lipinski definition) is 1. The highest BCUT2D eigenvalue weighted by Crippen LogP contribution is 2.35. The van der Waals surface area contributed by atoms with Crippen LogP contribution in [0.2, 0.25) is 0 Å². The number of carbonyl (C=O) groups is 1. The molecule has 0 aliphatic heterocycles. The van der Waals surface area contributed by atoms with Gasteiger partial charge in [-0.2, -0.15) is 0 Å². The SMILES string of the molecule is CC(C1CC1)N(C)c1cncc(C(=O)O)n1. The maximum atomic E-state index is 10.8. The number of aromatic carboxylic acids is 1. The van der Waals surface area contributed by atoms with Gasteiger partial charge in [0.1, 0.15) is 5.82 Å². The summed E-state index contributed by atoms with van der Waals surface area (Å²) in [5, 5.41) is 8.83. The van der Waals surface area contributed by atoms with Gasteiger partial charge in [0.2, 0.25) is 0 Å². The minimum Gasteiger partial charge on any atom is -0.476 e. The summed E-state index contributed by atoms with van der Waals surface area (Å²) in [6.45, 7) is 2.13. The molecule has 5 nitrogen and oxygen atoms in total. The van der Waals surface area contributed by atoms with Crippen LogP contribution in [0.1, 0.15) is 30.3 Å². The summed E-state index contributed by atoms with van der Waals surface area (Å²) < 4.78 is 0. The first-order valence-corrected chi connectivity index (χ1v) is 5.37. The van der Waals surface area contributed by atoms with E-state index >= 15 is 0 Å². The number of aromatic nitrogens is 2. The molecule has 0 radical (unpaired) electrons. The van der Waals surface area contributed by atoms with Crippen molar-refractivity contribution in [2.24, 2.45) is 5.92 Å². The van der Waals surface area contributed by atoms with E-state index in [1.165, 1.54) is 19.0 Å². The van der Waals surface area contributed by atoms with Crippen LogP contribution in [0.4, 0.5) is 5.82 Å². The molecule has 0 saturated heterocycles. The summed E-state index contributed by atoms with van der Waals surface area (Å²) in [7, 11) is 1.93. The fourth-order valence-electron chi connectivity index (χ4n) is 1.73. The molecule has 0 amide bonds. The molecule has 1 aliphatic rings. The third kappa shape index (κ3) is 2.13. The van der Waals surface area contributed by atoms with Crippen LogP contribution in [0.15, 0.2) is 12.4 Å². The second-order valence-corrected chi connectivity index (χ2v) is 4.26. The van der Waals surface area contributed by atoms with Crippen molar-refractivity contribution in [1.29, 1.82) is 0 Å². The fraction of sp³-hybridized carbons (Fsp3) is 0.545. The van der Waals surface area contributed by atoms with E-state index in [2.05, 4.69) is 16.9 Å². The Labute approximate surface area is 94.1 Å². The Morgan fingerprint density at radius 3 is 2.81 bits per heavy atom. The van der Waals surface area contributed by atoms with E-state index in [4.69, 9.17) is 5.11 Å². The number of anilines is 1. The predicted octanol–water partition coefficient (Wildman–Crippen LogP) is 1.41. The molecule has 1 fully saturated rings. The van der Waals surface area contributed by atoms with Gasteiger partial charge in [0.25, 0.3) is 0 Å². The van der Waals surface area contributed by atoms with Crippen LogP contribution in [0.5, 0.6) is 0 Å². The Morgan fingerprint density at radius 2 is 2.25 bits per heavy atom. The predicted molar refractivity (Wildman–Crippen MR) is 59.6 cm³/mol. The second kappa shape index (κ2) is 4.08. The quantitative estimate of drug-likeness (QED) is 0.832. The summed E-state index contributed by atoms with van der Waals surface area (Å²) in [5.74, 6) is 0.293. The van der Waals surface area contributed by atoms with Gasteiger partial charge in [-0.05, 0) is 25.7 Å². The average Bonchev–Trinajstić information content (AvgIpc) is 3.11. The van der Waals surface area contributed by atoms with Crippen LogP contribution < -0.4 is 4.90 Å². The molecular weight excluding hydrogens is 206 g/mol. The summed E-state index contributed by atoms with van der Waals surface area (Å²) in [5.41, 5.74) is -0.00709. The molecule has 0 spiro atoms. The van der Waals surface area contributed by atoms with E-state index in [1.807, 2.05) is 11.9 Å². The van der Waals surface area contributed by atoms with Crippen LogP contribution in [0.3, 0.4) is 0 Å². The summed E-state index contributed by atoms with van der Waals surface area (Å²) >= 11 is 0. The molecular formula is C11H15N3O2. The van der Waals surface area contributed by atoms with Crippen molar-refractivity contribution in [2.45, 2.75) is 25.8 Å². The highest BCUT2D eigenvalue weighted by Gasteiger charge is 2.31. The lowest BCUT2D eigenvalue weighted by atomic mass is 10.2. The van der Waals surface area contributed by atoms with Gasteiger partial charge in [0.05, 0.1) is 12.4 Å². The lowest BCUT2D eigenvalue weighted by Crippen LogP contribution is -2.31. The molecule has 1 heterocycles. The van der Waals surface area contributed by atoms with Crippen molar-refractivity contribution in [3.8, 4) is 0 Å². The van der Waals surface area contributed by atoms with Crippen LogP contribution in [0, 0.1) is 5.92 Å². The topological polar surface area (TPSA) is 66.3 Å². The molecule has 1 atom stereocenters. The Morgan fingerprint density at radius 1 is 1.56 bits per heavy atom. The molecule has 1 aromatic heterocycles. The number of hydrogen-bond acceptors (Lipinski definition) is 4. The highest BCUT2D eigenvalue weighted by atomic mass is 16.4. The lowest BCUT2D eigenvalue weighted by molar-refractivity contribution is 0.0690. The van der Waals surface area contributed by atoms with E-state index in [1.54, 1.807) is 6.20 Å². The third-order valence-electron chi connectivity index (χ3n) is 3.12. The Hall–Kier alpha value is -1.65. The Balaban J connectivity index is 2.18. The van der Waals surface area contributed by atoms with Crippen molar-refractivity contribution in [2.75, 3.05) is 11.9 Å². The van der Waals surface area contributed by atoms with E-state index in [0.717, 1.165) is 0 Å². The number of carboxylic acids is 1. The third-order valence-corrected chi connectivity index (χ3v) is 3.12. The van der Waals surface area contributed by atoms with Gasteiger partial charge in [-0.25, -0.2) is 9.78 Å². The Kier molecular flexibility index (Phi) is 2.77. The van der Waals surface area contributed by atoms with E-state index < -0.39 is 5.97 Å². The van der Waals surface area contributed by atoms with Crippen molar-refractivity contribution >= 4 is 11.8 Å². The molecule has 86 valence electrons. The smallest absolute Gasteiger partial charge is 0.356 e. The second-order valence-electron chi connectivity index (χ2n) is 4.26. The standard InChI is InChI=1S/C11H15N3O2/c1-7(8-3-4-8)14(2)10-6-12-5-9(13-10)11(15)16/h5-8H,3-4H2,1-2H3,(H,15,16). The van der Waals surface area contributed by atoms with E-state index in [0.29, 0.717) is 17.8 Å². The van der Waals surface area contributed by atoms with E-state index in [-0.39, 0.29) is 5.69 Å². The maximum absolute atomic E-state index is 10.8. The zero-order chi connectivity index (χ0) is 11.7. The molecule has 1 unspecified atom stereocenters. The molecule has 5 heteroatoms. The number of nitrogens with zero attached hydrogens (tertiary/aromatic N) is 3. The summed E-state index contributed by atoms with van der Waals surface area (Å²) in [6, 6.07) is 0.387. The van der Waals surface area contributed by atoms with Crippen molar-refractivity contribution in [3.05, 3.63) is 18.1 Å². The first-order chi connectivity index (χ1) is 7.59. The van der Waals surface area contributed by atoms with Gasteiger partial charge in [-0.3, -0.25) is 4.98 Å². The van der Waals surface area contributed by atoms with Crippen LogP contribution in [-0.2, 0) is 0 Å². The van der Waals surface area contributed by atoms with Crippen LogP contribution in [-0.4, -0.2) is 34.1 Å². The van der Waals surface area contributed by atoms with Gasteiger partial charge in [-0.1, -0.05) is 0 Å². The van der Waals surface area contributed by atoms with Crippen LogP contribution in [0.25, 0.3) is 0 Å². The summed E-state index contributed by atoms with van der Waals surface area (Å²) in [4.78, 5) is 20.7. The maximum Gasteiger partial charge on any atom is 0.356 e. The molecule has 0 aromatic carbocycles. The van der Waals surface area contributed by atoms with Crippen molar-refractivity contribution < 1.29 is 9.90 Å². The summed E-state index contributed by atoms with van der Waals surface area (Å²) in [6.07, 6.45) is 5.36. The minimum absolute atomic E-state index is 0.00709. The van der Waals surface area contributed by atoms with Crippen molar-refractivity contribution in [1.82, 2.24) is 9.97 Å². The molecule has 1 aromatic rings. The van der Waals surface area contributed by atoms with Gasteiger partial charge in [-0.15, -0.1) is 0 Å². The van der Waals surface area contributed by atoms with Crippen LogP contribution >= 0.6 is 0 Å². The van der Waals surface area contributed by atoms with Crippen molar-refractivity contribution in [3.63, 3.8) is 0 Å². The number of carboxylic acid groups (broad SMARTS) is 1. The number of rotatable bonds is 4. The molecule has 1 saturated carbocycles. The average molecular weight is 221 g/mol. The normalized spacial score (nSPS) is 16.9. The lowest BCUT2D eigenvalue weighted by Gasteiger charge is -2.25. The van der Waals surface area contributed by atoms with Gasteiger partial charge in [0, 0.05) is 13.1 Å². The largest absolute Gasteiger partial charge is 0.476 e. The van der Waals surface area contributed by atoms with E-state index in [9.17, 15) is 4.79 Å². The first kappa shape index (κ1) is 10.9. The molecule has 2 rings (SSSR count). The zero-order valence-corrected chi connectivity index (χ0v) is 9.42. The highest BCUT2D eigenvalue weighted by molar-refractivity contribution is 5.85. The van der Waals surface area contributed by atoms with Gasteiger partial charge in [0.15, 0.2) is 5.69 Å². The fourth-order valence-corrected chi connectivity index (χ4v) is 1.73. The molecule has 1 aliphatic carbocycles. The Bertz CT molecular complexity index is 404. The molecule has 16 heavy (non-hydrogen) atoms. The zero-order valence-electron chi connectivity index (χ0n) is 9.42.